The van der Waals surface area contributed by atoms with Gasteiger partial charge in [0.25, 0.3) is 0 Å². The molecule has 0 unspecified atom stereocenters. The molecule has 108 valence electrons. The number of hydrogen-bond acceptors (Lipinski definition) is 2. The van der Waals surface area contributed by atoms with Gasteiger partial charge in [0, 0.05) is 29.9 Å². The van der Waals surface area contributed by atoms with Gasteiger partial charge in [-0.3, -0.25) is 4.79 Å². The first-order valence-corrected chi connectivity index (χ1v) is 6.36. The van der Waals surface area contributed by atoms with E-state index < -0.39 is 6.36 Å². The highest BCUT2D eigenvalue weighted by Crippen LogP contribution is 2.27. The van der Waals surface area contributed by atoms with Gasteiger partial charge in [0.2, 0.25) is 5.91 Å². The molecule has 1 rings (SSSR count). The maximum atomic E-state index is 12.0. The van der Waals surface area contributed by atoms with E-state index in [2.05, 4.69) is 37.8 Å². The third kappa shape index (κ3) is 6.48. The van der Waals surface area contributed by atoms with Gasteiger partial charge >= 0.3 is 6.36 Å². The molecule has 0 atom stereocenters. The lowest BCUT2D eigenvalue weighted by atomic mass is 10.2. The number of nitrogens with one attached hydrogen (secondary N) is 1. The van der Waals surface area contributed by atoms with Crippen molar-refractivity contribution in [2.24, 2.45) is 0 Å². The Morgan fingerprint density at radius 3 is 2.70 bits per heavy atom. The number of rotatable bonds is 3. The number of amides is 1. The highest BCUT2D eigenvalue weighted by Gasteiger charge is 2.31. The van der Waals surface area contributed by atoms with E-state index in [1.165, 1.54) is 25.1 Å². The quantitative estimate of drug-likeness (QED) is 0.672. The van der Waals surface area contributed by atoms with Crippen LogP contribution in [0.15, 0.2) is 22.7 Å². The molecule has 3 nitrogen and oxygen atoms in total. The summed E-state index contributed by atoms with van der Waals surface area (Å²) in [5, 5.41) is 2.58. The lowest BCUT2D eigenvalue weighted by Gasteiger charge is -2.09. The van der Waals surface area contributed by atoms with Crippen molar-refractivity contribution in [3.8, 4) is 17.6 Å². The van der Waals surface area contributed by atoms with E-state index in [1.807, 2.05) is 0 Å². The van der Waals surface area contributed by atoms with E-state index in [0.29, 0.717) is 23.0 Å². The third-order valence-corrected chi connectivity index (χ3v) is 2.68. The molecule has 1 N–H and O–H groups in total. The Kier molecular flexibility index (Phi) is 5.89. The Morgan fingerprint density at radius 2 is 2.15 bits per heavy atom. The number of alkyl halides is 3. The van der Waals surface area contributed by atoms with Crippen molar-refractivity contribution in [2.75, 3.05) is 6.54 Å². The van der Waals surface area contributed by atoms with Gasteiger partial charge < -0.3 is 10.1 Å². The minimum absolute atomic E-state index is 0.137. The van der Waals surface area contributed by atoms with Crippen molar-refractivity contribution >= 4 is 21.8 Å². The Hall–Kier alpha value is -1.68. The largest absolute Gasteiger partial charge is 0.573 e. The first kappa shape index (κ1) is 16.4. The maximum Gasteiger partial charge on any atom is 0.573 e. The van der Waals surface area contributed by atoms with E-state index in [-0.39, 0.29) is 11.7 Å². The summed E-state index contributed by atoms with van der Waals surface area (Å²) in [6.07, 6.45) is -4.27. The Balaban J connectivity index is 2.65. The van der Waals surface area contributed by atoms with Gasteiger partial charge in [-0.05, 0) is 34.1 Å². The number of ether oxygens (including phenoxy) is 1. The molecule has 0 radical (unpaired) electrons. The number of benzene rings is 1. The molecule has 1 aromatic rings. The zero-order valence-corrected chi connectivity index (χ0v) is 12.1. The van der Waals surface area contributed by atoms with E-state index in [0.717, 1.165) is 0 Å². The van der Waals surface area contributed by atoms with Crippen LogP contribution in [0.25, 0.3) is 0 Å². The zero-order valence-electron chi connectivity index (χ0n) is 10.5. The molecule has 0 heterocycles. The van der Waals surface area contributed by atoms with E-state index in [1.54, 1.807) is 0 Å². The number of hydrogen-bond donors (Lipinski definition) is 1. The second kappa shape index (κ2) is 7.20. The number of halogens is 4. The second-order valence-corrected chi connectivity index (χ2v) is 4.58. The minimum atomic E-state index is -4.72. The molecule has 0 aliphatic rings. The normalized spacial score (nSPS) is 10.4. The molecule has 0 aliphatic carbocycles. The average molecular weight is 350 g/mol. The SMILES string of the molecule is CC(=O)NCCC#Cc1ccc(OC(F)(F)F)cc1Br. The summed E-state index contributed by atoms with van der Waals surface area (Å²) in [6.45, 7) is 1.83. The predicted octanol–water partition coefficient (Wildman–Crippen LogP) is 3.23. The van der Waals surface area contributed by atoms with Crippen LogP contribution < -0.4 is 10.1 Å². The Morgan fingerprint density at radius 1 is 1.45 bits per heavy atom. The van der Waals surface area contributed by atoms with Crippen molar-refractivity contribution in [3.05, 3.63) is 28.2 Å². The van der Waals surface area contributed by atoms with Crippen molar-refractivity contribution in [2.45, 2.75) is 19.7 Å². The molecular weight excluding hydrogens is 339 g/mol. The summed E-state index contributed by atoms with van der Waals surface area (Å²) in [5.41, 5.74) is 0.544. The minimum Gasteiger partial charge on any atom is -0.406 e. The zero-order chi connectivity index (χ0) is 15.2. The summed E-state index contributed by atoms with van der Waals surface area (Å²) < 4.78 is 40.3. The van der Waals surface area contributed by atoms with Gasteiger partial charge in [0.15, 0.2) is 0 Å². The van der Waals surface area contributed by atoms with Crippen LogP contribution in [0.4, 0.5) is 13.2 Å². The standard InChI is InChI=1S/C13H11BrF3NO2/c1-9(19)18-7-3-2-4-10-5-6-11(8-12(10)14)20-13(15,16)17/h5-6,8H,3,7H2,1H3,(H,18,19). The van der Waals surface area contributed by atoms with Crippen LogP contribution in [0.5, 0.6) is 5.75 Å². The lowest BCUT2D eigenvalue weighted by molar-refractivity contribution is -0.274. The molecule has 0 saturated heterocycles. The Bertz CT molecular complexity index is 547. The summed E-state index contributed by atoms with van der Waals surface area (Å²) in [7, 11) is 0. The van der Waals surface area contributed by atoms with Gasteiger partial charge in [-0.1, -0.05) is 11.8 Å². The predicted molar refractivity (Wildman–Crippen MR) is 71.0 cm³/mol. The third-order valence-electron chi connectivity index (χ3n) is 2.02. The van der Waals surface area contributed by atoms with Crippen molar-refractivity contribution in [3.63, 3.8) is 0 Å². The molecule has 0 aromatic heterocycles. The first-order chi connectivity index (χ1) is 9.28. The highest BCUT2D eigenvalue weighted by atomic mass is 79.9. The van der Waals surface area contributed by atoms with E-state index in [9.17, 15) is 18.0 Å². The van der Waals surface area contributed by atoms with Gasteiger partial charge in [-0.25, -0.2) is 0 Å². The highest BCUT2D eigenvalue weighted by molar-refractivity contribution is 9.10. The number of carbonyl (C=O) groups is 1. The molecule has 1 amide bonds. The second-order valence-electron chi connectivity index (χ2n) is 3.72. The fourth-order valence-corrected chi connectivity index (χ4v) is 1.71. The van der Waals surface area contributed by atoms with Crippen molar-refractivity contribution < 1.29 is 22.7 Å². The van der Waals surface area contributed by atoms with Gasteiger partial charge in [0.05, 0.1) is 0 Å². The Labute approximate surface area is 122 Å². The molecule has 7 heteroatoms. The van der Waals surface area contributed by atoms with Crippen LogP contribution in [0.3, 0.4) is 0 Å². The van der Waals surface area contributed by atoms with Crippen molar-refractivity contribution in [1.82, 2.24) is 5.32 Å². The first-order valence-electron chi connectivity index (χ1n) is 5.56. The summed E-state index contributed by atoms with van der Waals surface area (Å²) >= 11 is 3.13. The fraction of sp³-hybridized carbons (Fsp3) is 0.308. The van der Waals surface area contributed by atoms with Crippen LogP contribution in [0.1, 0.15) is 18.9 Å². The topological polar surface area (TPSA) is 38.3 Å². The van der Waals surface area contributed by atoms with Crippen LogP contribution in [0, 0.1) is 11.8 Å². The summed E-state index contributed by atoms with van der Waals surface area (Å²) in [4.78, 5) is 10.6. The van der Waals surface area contributed by atoms with Crippen LogP contribution in [-0.2, 0) is 4.79 Å². The van der Waals surface area contributed by atoms with Crippen LogP contribution in [-0.4, -0.2) is 18.8 Å². The molecule has 0 bridgehead atoms. The average Bonchev–Trinajstić information content (AvgIpc) is 2.28. The molecule has 20 heavy (non-hydrogen) atoms. The van der Waals surface area contributed by atoms with Crippen molar-refractivity contribution in [1.29, 1.82) is 0 Å². The van der Waals surface area contributed by atoms with E-state index in [4.69, 9.17) is 0 Å². The fourth-order valence-electron chi connectivity index (χ4n) is 1.25. The van der Waals surface area contributed by atoms with Gasteiger partial charge in [-0.2, -0.15) is 0 Å². The smallest absolute Gasteiger partial charge is 0.406 e. The summed E-state index contributed by atoms with van der Waals surface area (Å²) in [5.74, 6) is 5.15. The lowest BCUT2D eigenvalue weighted by Crippen LogP contribution is -2.20. The monoisotopic (exact) mass is 349 g/mol. The van der Waals surface area contributed by atoms with Crippen LogP contribution >= 0.6 is 15.9 Å². The van der Waals surface area contributed by atoms with Crippen LogP contribution in [0.2, 0.25) is 0 Å². The maximum absolute atomic E-state index is 12.0. The molecule has 0 saturated carbocycles. The summed E-state index contributed by atoms with van der Waals surface area (Å²) in [6, 6.07) is 3.82. The molecular formula is C13H11BrF3NO2. The molecule has 1 aromatic carbocycles. The molecule has 0 aliphatic heterocycles. The number of carbonyl (C=O) groups excluding carboxylic acids is 1. The van der Waals surface area contributed by atoms with E-state index >= 15 is 0 Å². The molecule has 0 spiro atoms. The van der Waals surface area contributed by atoms with Gasteiger partial charge in [-0.15, -0.1) is 13.2 Å². The van der Waals surface area contributed by atoms with Gasteiger partial charge in [0.1, 0.15) is 5.75 Å². The molecule has 0 fully saturated rings.